The third-order valence-electron chi connectivity index (χ3n) is 3.05. The first-order valence-electron chi connectivity index (χ1n) is 6.35. The molecule has 2 rings (SSSR count). The molecular weight excluding hydrogens is 293 g/mol. The first kappa shape index (κ1) is 14.9. The molecule has 0 heterocycles. The maximum Gasteiger partial charge on any atom is 0.182 e. The number of hydrogen-bond donors (Lipinski definition) is 0. The van der Waals surface area contributed by atoms with Gasteiger partial charge in [0.2, 0.25) is 0 Å². The first-order chi connectivity index (χ1) is 9.56. The summed E-state index contributed by atoms with van der Waals surface area (Å²) in [5, 5.41) is 13.4. The summed E-state index contributed by atoms with van der Waals surface area (Å²) in [6, 6.07) is 14.5. The van der Waals surface area contributed by atoms with Gasteiger partial charge in [-0.1, -0.05) is 41.4 Å². The Kier molecular flexibility index (Phi) is 5.05. The molecule has 0 radical (unpaired) electrons. The van der Waals surface area contributed by atoms with E-state index in [-0.39, 0.29) is 6.04 Å². The van der Waals surface area contributed by atoms with Crippen molar-refractivity contribution in [2.45, 2.75) is 19.4 Å². The smallest absolute Gasteiger partial charge is 0.182 e. The highest BCUT2D eigenvalue weighted by Gasteiger charge is 2.12. The highest BCUT2D eigenvalue weighted by molar-refractivity contribution is 6.31. The van der Waals surface area contributed by atoms with E-state index in [0.29, 0.717) is 16.5 Å². The van der Waals surface area contributed by atoms with Gasteiger partial charge in [-0.2, -0.15) is 0 Å². The Morgan fingerprint density at radius 1 is 1.10 bits per heavy atom. The van der Waals surface area contributed by atoms with Crippen LogP contribution in [0.3, 0.4) is 0 Å². The fraction of sp³-hybridized carbons (Fsp3) is 0.188. The lowest BCUT2D eigenvalue weighted by atomic mass is 10.1. The topological polar surface area (TPSA) is 26.1 Å². The molecule has 0 spiro atoms. The third-order valence-corrected chi connectivity index (χ3v) is 3.67. The Hall–Kier alpha value is -1.51. The molecule has 104 valence electrons. The van der Waals surface area contributed by atoms with E-state index >= 15 is 0 Å². The van der Waals surface area contributed by atoms with E-state index in [1.807, 2.05) is 43.3 Å². The summed E-state index contributed by atoms with van der Waals surface area (Å²) in [4.78, 5) is 0. The first-order valence-corrected chi connectivity index (χ1v) is 7.11. The Morgan fingerprint density at radius 2 is 1.75 bits per heavy atom. The van der Waals surface area contributed by atoms with Crippen molar-refractivity contribution in [3.8, 4) is 0 Å². The van der Waals surface area contributed by atoms with Crippen molar-refractivity contribution in [1.29, 1.82) is 0 Å². The average molecular weight is 308 g/mol. The van der Waals surface area contributed by atoms with Gasteiger partial charge in [0, 0.05) is 22.0 Å². The Bertz CT molecular complexity index is 608. The lowest BCUT2D eigenvalue weighted by molar-refractivity contribution is -0.491. The molecule has 0 aliphatic rings. The molecule has 0 bridgehead atoms. The van der Waals surface area contributed by atoms with Gasteiger partial charge in [0.25, 0.3) is 0 Å². The van der Waals surface area contributed by atoms with Crippen LogP contribution in [-0.2, 0) is 6.42 Å². The van der Waals surface area contributed by atoms with Gasteiger partial charge in [-0.05, 0) is 42.8 Å². The Labute approximate surface area is 128 Å². The number of halogens is 2. The van der Waals surface area contributed by atoms with Crippen molar-refractivity contribution >= 4 is 29.4 Å². The van der Waals surface area contributed by atoms with E-state index in [2.05, 4.69) is 0 Å². The molecule has 0 saturated heterocycles. The van der Waals surface area contributed by atoms with Gasteiger partial charge in [0.05, 0.1) is 0 Å². The summed E-state index contributed by atoms with van der Waals surface area (Å²) in [6.45, 7) is 1.88. The summed E-state index contributed by atoms with van der Waals surface area (Å²) in [6.07, 6.45) is 2.17. The van der Waals surface area contributed by atoms with Crippen molar-refractivity contribution in [3.63, 3.8) is 0 Å². The highest BCUT2D eigenvalue weighted by Crippen LogP contribution is 2.17. The molecule has 0 amide bonds. The monoisotopic (exact) mass is 307 g/mol. The zero-order chi connectivity index (χ0) is 14.5. The van der Waals surface area contributed by atoms with Crippen molar-refractivity contribution in [2.75, 3.05) is 0 Å². The van der Waals surface area contributed by atoms with Gasteiger partial charge in [0.1, 0.15) is 0 Å². The Morgan fingerprint density at radius 3 is 2.40 bits per heavy atom. The van der Waals surface area contributed by atoms with Crippen LogP contribution < -0.4 is 0 Å². The number of hydrogen-bond acceptors (Lipinski definition) is 1. The molecule has 0 aliphatic carbocycles. The van der Waals surface area contributed by atoms with Gasteiger partial charge in [-0.3, -0.25) is 0 Å². The fourth-order valence-electron chi connectivity index (χ4n) is 1.90. The molecule has 1 atom stereocenters. The number of rotatable bonds is 4. The second-order valence-corrected chi connectivity index (χ2v) is 5.53. The summed E-state index contributed by atoms with van der Waals surface area (Å²) >= 11 is 11.9. The van der Waals surface area contributed by atoms with Crippen LogP contribution >= 0.6 is 23.2 Å². The van der Waals surface area contributed by atoms with E-state index < -0.39 is 0 Å². The van der Waals surface area contributed by atoms with Crippen LogP contribution in [0.4, 0.5) is 0 Å². The second kappa shape index (κ2) is 6.78. The van der Waals surface area contributed by atoms with Gasteiger partial charge >= 0.3 is 0 Å². The van der Waals surface area contributed by atoms with Crippen molar-refractivity contribution in [1.82, 2.24) is 0 Å². The number of hydroxylamine groups is 1. The predicted molar refractivity (Wildman–Crippen MR) is 84.9 cm³/mol. The maximum atomic E-state index is 12.1. The molecule has 4 heteroatoms. The van der Waals surface area contributed by atoms with Gasteiger partial charge < -0.3 is 5.21 Å². The van der Waals surface area contributed by atoms with Crippen LogP contribution in [0.15, 0.2) is 48.5 Å². The van der Waals surface area contributed by atoms with E-state index in [4.69, 9.17) is 23.2 Å². The molecular formula is C16H15Cl2NO. The van der Waals surface area contributed by atoms with E-state index in [1.165, 1.54) is 0 Å². The van der Waals surface area contributed by atoms with Gasteiger partial charge in [0.15, 0.2) is 12.3 Å². The molecule has 2 aromatic carbocycles. The minimum atomic E-state index is -0.189. The molecule has 0 N–H and O–H groups in total. The van der Waals surface area contributed by atoms with Crippen LogP contribution in [0.25, 0.3) is 0 Å². The zero-order valence-corrected chi connectivity index (χ0v) is 12.6. The van der Waals surface area contributed by atoms with Crippen LogP contribution in [0.1, 0.15) is 18.1 Å². The quantitative estimate of drug-likeness (QED) is 0.352. The standard InChI is InChI=1S/C16H15Cl2NO/c1-12(10-14-4-2-3-5-16(14)18)19(20)11-13-6-8-15(17)9-7-13/h2-9,11-12H,10H2,1H3/b19-11+. The number of nitrogens with zero attached hydrogens (tertiary/aromatic N) is 1. The maximum absolute atomic E-state index is 12.1. The molecule has 0 aliphatic heterocycles. The van der Waals surface area contributed by atoms with Gasteiger partial charge in [-0.15, -0.1) is 0 Å². The van der Waals surface area contributed by atoms with E-state index in [1.54, 1.807) is 18.3 Å². The molecule has 1 unspecified atom stereocenters. The summed E-state index contributed by atoms with van der Waals surface area (Å²) in [5.41, 5.74) is 1.81. The lowest BCUT2D eigenvalue weighted by Crippen LogP contribution is -2.21. The van der Waals surface area contributed by atoms with Crippen LogP contribution in [0, 0.1) is 5.21 Å². The highest BCUT2D eigenvalue weighted by atomic mass is 35.5. The SMILES string of the molecule is CC(Cc1ccccc1Cl)/[N+]([O-])=C\c1ccc(Cl)cc1. The normalized spacial score (nSPS) is 13.2. The molecule has 20 heavy (non-hydrogen) atoms. The van der Waals surface area contributed by atoms with Crippen molar-refractivity contribution in [3.05, 3.63) is 74.9 Å². The summed E-state index contributed by atoms with van der Waals surface area (Å²) < 4.78 is 0.951. The molecule has 0 aromatic heterocycles. The minimum absolute atomic E-state index is 0.189. The second-order valence-electron chi connectivity index (χ2n) is 4.69. The van der Waals surface area contributed by atoms with Crippen LogP contribution in [0.5, 0.6) is 0 Å². The van der Waals surface area contributed by atoms with Gasteiger partial charge in [-0.25, -0.2) is 4.74 Å². The Balaban J connectivity index is 2.10. The van der Waals surface area contributed by atoms with E-state index in [9.17, 15) is 5.21 Å². The molecule has 0 saturated carbocycles. The number of benzene rings is 2. The van der Waals surface area contributed by atoms with Crippen LogP contribution in [-0.4, -0.2) is 17.0 Å². The van der Waals surface area contributed by atoms with Crippen molar-refractivity contribution < 1.29 is 4.74 Å². The largest absolute Gasteiger partial charge is 0.624 e. The van der Waals surface area contributed by atoms with E-state index in [0.717, 1.165) is 15.9 Å². The molecule has 2 nitrogen and oxygen atoms in total. The zero-order valence-electron chi connectivity index (χ0n) is 11.1. The summed E-state index contributed by atoms with van der Waals surface area (Å²) in [5.74, 6) is 0. The lowest BCUT2D eigenvalue weighted by Gasteiger charge is -2.13. The molecule has 0 fully saturated rings. The van der Waals surface area contributed by atoms with Crippen molar-refractivity contribution in [2.24, 2.45) is 0 Å². The average Bonchev–Trinajstić information content (AvgIpc) is 2.44. The predicted octanol–water partition coefficient (Wildman–Crippen LogP) is 4.55. The third kappa shape index (κ3) is 3.99. The minimum Gasteiger partial charge on any atom is -0.624 e. The summed E-state index contributed by atoms with van der Waals surface area (Å²) in [7, 11) is 0. The molecule has 2 aromatic rings. The van der Waals surface area contributed by atoms with Crippen LogP contribution in [0.2, 0.25) is 10.0 Å². The fourth-order valence-corrected chi connectivity index (χ4v) is 2.23.